The lowest BCUT2D eigenvalue weighted by Gasteiger charge is -2.36. The highest BCUT2D eigenvalue weighted by Crippen LogP contribution is 2.28. The van der Waals surface area contributed by atoms with Crippen LogP contribution in [0.15, 0.2) is 24.3 Å². The number of piperidine rings is 1. The Hall–Kier alpha value is -1.51. The fourth-order valence-electron chi connectivity index (χ4n) is 3.36. The predicted molar refractivity (Wildman–Crippen MR) is 77.2 cm³/mol. The second kappa shape index (κ2) is 5.24. The average molecular weight is 258 g/mol. The van der Waals surface area contributed by atoms with Crippen molar-refractivity contribution in [2.45, 2.75) is 51.1 Å². The van der Waals surface area contributed by atoms with E-state index in [0.29, 0.717) is 11.9 Å². The van der Waals surface area contributed by atoms with Crippen LogP contribution < -0.4 is 5.32 Å². The Morgan fingerprint density at radius 1 is 1.37 bits per heavy atom. The quantitative estimate of drug-likeness (QED) is 0.884. The van der Waals surface area contributed by atoms with Gasteiger partial charge < -0.3 is 10.2 Å². The van der Waals surface area contributed by atoms with Crippen molar-refractivity contribution in [2.75, 3.05) is 11.9 Å². The zero-order chi connectivity index (χ0) is 13.2. The van der Waals surface area contributed by atoms with E-state index >= 15 is 0 Å². The molecule has 2 aliphatic heterocycles. The van der Waals surface area contributed by atoms with Gasteiger partial charge in [-0.15, -0.1) is 0 Å². The molecule has 3 heteroatoms. The number of likely N-dealkylation sites (tertiary alicyclic amines) is 1. The maximum absolute atomic E-state index is 12.7. The van der Waals surface area contributed by atoms with Gasteiger partial charge in [-0.2, -0.15) is 0 Å². The van der Waals surface area contributed by atoms with Crippen molar-refractivity contribution in [3.05, 3.63) is 29.8 Å². The first-order valence-corrected chi connectivity index (χ1v) is 7.44. The van der Waals surface area contributed by atoms with Gasteiger partial charge >= 0.3 is 0 Å². The molecule has 1 amide bonds. The molecule has 1 unspecified atom stereocenters. The molecule has 3 rings (SSSR count). The maximum Gasteiger partial charge on any atom is 0.245 e. The van der Waals surface area contributed by atoms with Crippen molar-refractivity contribution in [2.24, 2.45) is 0 Å². The molecule has 1 aromatic rings. The Kier molecular flexibility index (Phi) is 3.45. The van der Waals surface area contributed by atoms with Gasteiger partial charge in [0.15, 0.2) is 0 Å². The van der Waals surface area contributed by atoms with Crippen LogP contribution in [0.4, 0.5) is 5.69 Å². The summed E-state index contributed by atoms with van der Waals surface area (Å²) >= 11 is 0. The van der Waals surface area contributed by atoms with E-state index in [9.17, 15) is 4.79 Å². The van der Waals surface area contributed by atoms with Crippen LogP contribution in [0, 0.1) is 0 Å². The summed E-state index contributed by atoms with van der Waals surface area (Å²) in [6.45, 7) is 3.12. The van der Waals surface area contributed by atoms with Gasteiger partial charge in [0.25, 0.3) is 0 Å². The molecule has 0 saturated carbocycles. The van der Waals surface area contributed by atoms with E-state index in [1.54, 1.807) is 0 Å². The zero-order valence-electron chi connectivity index (χ0n) is 11.6. The Bertz CT molecular complexity index is 447. The van der Waals surface area contributed by atoms with E-state index in [-0.39, 0.29) is 6.04 Å². The Morgan fingerprint density at radius 3 is 3.00 bits per heavy atom. The van der Waals surface area contributed by atoms with Crippen molar-refractivity contribution < 1.29 is 4.79 Å². The summed E-state index contributed by atoms with van der Waals surface area (Å²) in [5.41, 5.74) is 2.40. The van der Waals surface area contributed by atoms with Gasteiger partial charge in [-0.3, -0.25) is 4.79 Å². The first-order chi connectivity index (χ1) is 9.29. The van der Waals surface area contributed by atoms with E-state index in [4.69, 9.17) is 0 Å². The standard InChI is InChI=1S/C16H22N2O/c1-2-13-8-5-6-10-18(13)16(19)15-11-12-7-3-4-9-14(12)17-15/h3-4,7,9,13,15,17H,2,5-6,8,10-11H2,1H3/t13?,15-/m0/s1. The molecule has 0 aliphatic carbocycles. The Labute approximate surface area is 115 Å². The van der Waals surface area contributed by atoms with Gasteiger partial charge in [-0.05, 0) is 37.3 Å². The highest BCUT2D eigenvalue weighted by atomic mass is 16.2. The molecule has 1 aromatic carbocycles. The molecule has 102 valence electrons. The first-order valence-electron chi connectivity index (χ1n) is 7.44. The van der Waals surface area contributed by atoms with Gasteiger partial charge in [-0.1, -0.05) is 25.1 Å². The topological polar surface area (TPSA) is 32.3 Å². The van der Waals surface area contributed by atoms with Crippen molar-refractivity contribution in [1.29, 1.82) is 0 Å². The van der Waals surface area contributed by atoms with Crippen LogP contribution in [0.25, 0.3) is 0 Å². The summed E-state index contributed by atoms with van der Waals surface area (Å²) in [5.74, 6) is 0.294. The molecular weight excluding hydrogens is 236 g/mol. The number of rotatable bonds is 2. The Morgan fingerprint density at radius 2 is 2.21 bits per heavy atom. The SMILES string of the molecule is CCC1CCCCN1C(=O)[C@@H]1Cc2ccccc2N1. The van der Waals surface area contributed by atoms with Crippen molar-refractivity contribution in [3.63, 3.8) is 0 Å². The third-order valence-electron chi connectivity index (χ3n) is 4.45. The number of para-hydroxylation sites is 1. The molecule has 19 heavy (non-hydrogen) atoms. The summed E-state index contributed by atoms with van der Waals surface area (Å²) in [6.07, 6.45) is 5.50. The molecule has 2 heterocycles. The molecule has 2 atom stereocenters. The third-order valence-corrected chi connectivity index (χ3v) is 4.45. The van der Waals surface area contributed by atoms with Gasteiger partial charge in [0.05, 0.1) is 0 Å². The van der Waals surface area contributed by atoms with Crippen molar-refractivity contribution in [1.82, 2.24) is 4.90 Å². The molecule has 3 nitrogen and oxygen atoms in total. The van der Waals surface area contributed by atoms with E-state index in [1.165, 1.54) is 18.4 Å². The summed E-state index contributed by atoms with van der Waals surface area (Å²) in [5, 5.41) is 3.38. The van der Waals surface area contributed by atoms with Crippen LogP contribution in [-0.2, 0) is 11.2 Å². The molecule has 2 aliphatic rings. The van der Waals surface area contributed by atoms with E-state index in [0.717, 1.165) is 31.5 Å². The molecule has 0 bridgehead atoms. The van der Waals surface area contributed by atoms with Crippen LogP contribution in [0.3, 0.4) is 0 Å². The largest absolute Gasteiger partial charge is 0.373 e. The smallest absolute Gasteiger partial charge is 0.245 e. The molecular formula is C16H22N2O. The fourth-order valence-corrected chi connectivity index (χ4v) is 3.36. The lowest BCUT2D eigenvalue weighted by atomic mass is 9.98. The number of hydrogen-bond acceptors (Lipinski definition) is 2. The van der Waals surface area contributed by atoms with Crippen molar-refractivity contribution >= 4 is 11.6 Å². The summed E-state index contributed by atoms with van der Waals surface area (Å²) in [4.78, 5) is 14.8. The van der Waals surface area contributed by atoms with Crippen LogP contribution >= 0.6 is 0 Å². The number of fused-ring (bicyclic) bond motifs is 1. The van der Waals surface area contributed by atoms with Gasteiger partial charge in [0.2, 0.25) is 5.91 Å². The number of nitrogens with zero attached hydrogens (tertiary/aromatic N) is 1. The van der Waals surface area contributed by atoms with Crippen LogP contribution in [0.2, 0.25) is 0 Å². The second-order valence-corrected chi connectivity index (χ2v) is 5.65. The average Bonchev–Trinajstić information content (AvgIpc) is 2.90. The molecule has 0 radical (unpaired) electrons. The number of nitrogens with one attached hydrogen (secondary N) is 1. The lowest BCUT2D eigenvalue weighted by Crippen LogP contribution is -2.49. The Balaban J connectivity index is 1.72. The molecule has 1 fully saturated rings. The minimum absolute atomic E-state index is 0.0513. The first kappa shape index (κ1) is 12.5. The third kappa shape index (κ3) is 2.34. The summed E-state index contributed by atoms with van der Waals surface area (Å²) < 4.78 is 0. The summed E-state index contributed by atoms with van der Waals surface area (Å²) in [6, 6.07) is 8.65. The minimum Gasteiger partial charge on any atom is -0.373 e. The number of carbonyl (C=O) groups excluding carboxylic acids is 1. The van der Waals surface area contributed by atoms with E-state index < -0.39 is 0 Å². The number of amides is 1. The monoisotopic (exact) mass is 258 g/mol. The van der Waals surface area contributed by atoms with Crippen LogP contribution in [-0.4, -0.2) is 29.4 Å². The molecule has 0 aromatic heterocycles. The van der Waals surface area contributed by atoms with E-state index in [2.05, 4.69) is 29.3 Å². The highest BCUT2D eigenvalue weighted by Gasteiger charge is 2.33. The van der Waals surface area contributed by atoms with Crippen molar-refractivity contribution in [3.8, 4) is 0 Å². The summed E-state index contributed by atoms with van der Waals surface area (Å²) in [7, 11) is 0. The molecule has 1 saturated heterocycles. The fraction of sp³-hybridized carbons (Fsp3) is 0.562. The lowest BCUT2D eigenvalue weighted by molar-refractivity contribution is -0.135. The maximum atomic E-state index is 12.7. The zero-order valence-corrected chi connectivity index (χ0v) is 11.6. The molecule has 1 N–H and O–H groups in total. The van der Waals surface area contributed by atoms with Gasteiger partial charge in [0, 0.05) is 24.7 Å². The molecule has 0 spiro atoms. The number of carbonyl (C=O) groups is 1. The minimum atomic E-state index is -0.0513. The van der Waals surface area contributed by atoms with E-state index in [1.807, 2.05) is 12.1 Å². The second-order valence-electron chi connectivity index (χ2n) is 5.65. The van der Waals surface area contributed by atoms with Crippen LogP contribution in [0.1, 0.15) is 38.2 Å². The normalized spacial score (nSPS) is 25.8. The highest BCUT2D eigenvalue weighted by molar-refractivity contribution is 5.87. The van der Waals surface area contributed by atoms with Crippen LogP contribution in [0.5, 0.6) is 0 Å². The van der Waals surface area contributed by atoms with Gasteiger partial charge in [0.1, 0.15) is 6.04 Å². The predicted octanol–water partition coefficient (Wildman–Crippen LogP) is 2.81. The van der Waals surface area contributed by atoms with Gasteiger partial charge in [-0.25, -0.2) is 0 Å². The number of hydrogen-bond donors (Lipinski definition) is 1. The number of benzene rings is 1. The number of anilines is 1.